The predicted octanol–water partition coefficient (Wildman–Crippen LogP) is -0.0515. The standard InChI is InChI=1S/C16H16NO.ClH/c1-13-5-7-15(8-6-13)16(18)9-11-17-10-3-4-14(2)12-17;/h3-12H,1-2H3;1H/q+1;/p-1/b11-9+;. The number of hydrogen-bond donors (Lipinski definition) is 0. The molecule has 0 bridgehead atoms. The molecule has 0 N–H and O–H groups in total. The lowest BCUT2D eigenvalue weighted by atomic mass is 10.1. The van der Waals surface area contributed by atoms with Crippen molar-refractivity contribution in [3.8, 4) is 0 Å². The third-order valence-corrected chi connectivity index (χ3v) is 2.70. The maximum atomic E-state index is 11.9. The molecule has 1 heterocycles. The van der Waals surface area contributed by atoms with Gasteiger partial charge < -0.3 is 12.4 Å². The molecule has 2 aromatic rings. The number of halogens is 1. The quantitative estimate of drug-likeness (QED) is 0.436. The van der Waals surface area contributed by atoms with Gasteiger partial charge in [-0.1, -0.05) is 29.8 Å². The summed E-state index contributed by atoms with van der Waals surface area (Å²) in [6.07, 6.45) is 7.24. The summed E-state index contributed by atoms with van der Waals surface area (Å²) < 4.78 is 1.88. The minimum Gasteiger partial charge on any atom is -1.00 e. The lowest BCUT2D eigenvalue weighted by molar-refractivity contribution is -0.568. The van der Waals surface area contributed by atoms with Crippen molar-refractivity contribution in [2.45, 2.75) is 13.8 Å². The molecule has 0 radical (unpaired) electrons. The summed E-state index contributed by atoms with van der Waals surface area (Å²) in [5, 5.41) is 0. The highest BCUT2D eigenvalue weighted by molar-refractivity contribution is 6.05. The second-order valence-electron chi connectivity index (χ2n) is 4.37. The van der Waals surface area contributed by atoms with E-state index in [9.17, 15) is 4.79 Å². The van der Waals surface area contributed by atoms with E-state index < -0.39 is 0 Å². The van der Waals surface area contributed by atoms with E-state index in [1.54, 1.807) is 12.3 Å². The van der Waals surface area contributed by atoms with Gasteiger partial charge in [-0.2, -0.15) is 4.57 Å². The molecule has 98 valence electrons. The topological polar surface area (TPSA) is 20.9 Å². The Morgan fingerprint density at radius 3 is 2.37 bits per heavy atom. The highest BCUT2D eigenvalue weighted by Crippen LogP contribution is 2.04. The number of benzene rings is 1. The summed E-state index contributed by atoms with van der Waals surface area (Å²) in [5.41, 5.74) is 3.03. The van der Waals surface area contributed by atoms with Gasteiger partial charge in [-0.3, -0.25) is 4.79 Å². The Hall–Kier alpha value is -1.93. The van der Waals surface area contributed by atoms with E-state index in [-0.39, 0.29) is 18.2 Å². The van der Waals surface area contributed by atoms with Crippen LogP contribution in [0, 0.1) is 13.8 Å². The van der Waals surface area contributed by atoms with Crippen molar-refractivity contribution in [3.05, 3.63) is 71.6 Å². The van der Waals surface area contributed by atoms with Gasteiger partial charge in [0.1, 0.15) is 0 Å². The highest BCUT2D eigenvalue weighted by Gasteiger charge is 2.02. The number of pyridine rings is 1. The van der Waals surface area contributed by atoms with E-state index in [1.807, 2.05) is 67.2 Å². The Labute approximate surface area is 119 Å². The zero-order valence-corrected chi connectivity index (χ0v) is 11.8. The average Bonchev–Trinajstić information content (AvgIpc) is 2.37. The van der Waals surface area contributed by atoms with Gasteiger partial charge in [-0.15, -0.1) is 0 Å². The van der Waals surface area contributed by atoms with Gasteiger partial charge in [-0.05, 0) is 19.9 Å². The molecule has 0 unspecified atom stereocenters. The number of hydrogen-bond acceptors (Lipinski definition) is 1. The molecule has 0 aliphatic heterocycles. The molecule has 0 aliphatic carbocycles. The summed E-state index contributed by atoms with van der Waals surface area (Å²) >= 11 is 0. The Kier molecular flexibility index (Phi) is 5.46. The number of allylic oxidation sites excluding steroid dienone is 1. The first-order valence-corrected chi connectivity index (χ1v) is 5.92. The van der Waals surface area contributed by atoms with Crippen LogP contribution >= 0.6 is 0 Å². The summed E-state index contributed by atoms with van der Waals surface area (Å²) in [6.45, 7) is 4.03. The monoisotopic (exact) mass is 273 g/mol. The lowest BCUT2D eigenvalue weighted by Gasteiger charge is -1.95. The first-order valence-electron chi connectivity index (χ1n) is 5.92. The summed E-state index contributed by atoms with van der Waals surface area (Å²) in [4.78, 5) is 11.9. The fourth-order valence-corrected chi connectivity index (χ4v) is 1.68. The summed E-state index contributed by atoms with van der Waals surface area (Å²) in [5.74, 6) is 0.0176. The fourth-order valence-electron chi connectivity index (χ4n) is 1.68. The lowest BCUT2D eigenvalue weighted by Crippen LogP contribution is -3.00. The molecule has 1 aromatic heterocycles. The van der Waals surface area contributed by atoms with E-state index in [4.69, 9.17) is 0 Å². The molecule has 19 heavy (non-hydrogen) atoms. The van der Waals surface area contributed by atoms with Crippen molar-refractivity contribution in [1.29, 1.82) is 0 Å². The van der Waals surface area contributed by atoms with Crippen LogP contribution in [0.1, 0.15) is 21.5 Å². The van der Waals surface area contributed by atoms with Crippen LogP contribution in [0.3, 0.4) is 0 Å². The number of carbonyl (C=O) groups excluding carboxylic acids is 1. The van der Waals surface area contributed by atoms with Gasteiger partial charge in [0.05, 0.1) is 6.08 Å². The number of aryl methyl sites for hydroxylation is 2. The Morgan fingerprint density at radius 2 is 1.74 bits per heavy atom. The molecule has 0 fully saturated rings. The Morgan fingerprint density at radius 1 is 1.05 bits per heavy atom. The predicted molar refractivity (Wildman–Crippen MR) is 72.2 cm³/mol. The second-order valence-corrected chi connectivity index (χ2v) is 4.37. The van der Waals surface area contributed by atoms with Crippen LogP contribution in [0.2, 0.25) is 0 Å². The highest BCUT2D eigenvalue weighted by atomic mass is 35.5. The largest absolute Gasteiger partial charge is 1.00 e. The zero-order valence-electron chi connectivity index (χ0n) is 11.0. The summed E-state index contributed by atoms with van der Waals surface area (Å²) in [7, 11) is 0. The van der Waals surface area contributed by atoms with Crippen LogP contribution in [0.25, 0.3) is 6.20 Å². The van der Waals surface area contributed by atoms with E-state index >= 15 is 0 Å². The summed E-state index contributed by atoms with van der Waals surface area (Å²) in [6, 6.07) is 11.6. The van der Waals surface area contributed by atoms with Gasteiger partial charge in [0, 0.05) is 17.2 Å². The molecule has 1 aromatic carbocycles. The van der Waals surface area contributed by atoms with E-state index in [1.165, 1.54) is 0 Å². The van der Waals surface area contributed by atoms with Crippen molar-refractivity contribution in [3.63, 3.8) is 0 Å². The van der Waals surface area contributed by atoms with Crippen LogP contribution in [0.4, 0.5) is 0 Å². The molecule has 0 amide bonds. The van der Waals surface area contributed by atoms with Crippen molar-refractivity contribution in [1.82, 2.24) is 0 Å². The van der Waals surface area contributed by atoms with Crippen LogP contribution in [-0.2, 0) is 0 Å². The smallest absolute Gasteiger partial charge is 0.191 e. The van der Waals surface area contributed by atoms with Gasteiger partial charge in [0.2, 0.25) is 0 Å². The van der Waals surface area contributed by atoms with Crippen molar-refractivity contribution >= 4 is 12.0 Å². The Balaban J connectivity index is 0.00000180. The maximum absolute atomic E-state index is 11.9. The SMILES string of the molecule is Cc1ccc(C(=O)/C=C/[n+]2cccc(C)c2)cc1.[Cl-]. The zero-order chi connectivity index (χ0) is 13.0. The van der Waals surface area contributed by atoms with Crippen molar-refractivity contribution in [2.24, 2.45) is 0 Å². The molecule has 0 aliphatic rings. The second kappa shape index (κ2) is 6.86. The van der Waals surface area contributed by atoms with E-state index in [0.29, 0.717) is 5.56 Å². The third-order valence-electron chi connectivity index (χ3n) is 2.70. The molecular weight excluding hydrogens is 258 g/mol. The van der Waals surface area contributed by atoms with Crippen LogP contribution in [-0.4, -0.2) is 5.78 Å². The van der Waals surface area contributed by atoms with Crippen LogP contribution in [0.5, 0.6) is 0 Å². The van der Waals surface area contributed by atoms with Crippen molar-refractivity contribution < 1.29 is 21.8 Å². The van der Waals surface area contributed by atoms with Gasteiger partial charge in [0.25, 0.3) is 0 Å². The first-order chi connectivity index (χ1) is 8.65. The number of nitrogens with zero attached hydrogens (tertiary/aromatic N) is 1. The number of carbonyl (C=O) groups is 1. The molecule has 0 spiro atoms. The molecule has 2 nitrogen and oxygen atoms in total. The number of ketones is 1. The minimum absolute atomic E-state index is 0. The molecule has 0 saturated heterocycles. The molecule has 0 atom stereocenters. The molecule has 3 heteroatoms. The van der Waals surface area contributed by atoms with Crippen LogP contribution in [0.15, 0.2) is 54.9 Å². The van der Waals surface area contributed by atoms with E-state index in [2.05, 4.69) is 0 Å². The normalized spacial score (nSPS) is 10.2. The van der Waals surface area contributed by atoms with Gasteiger partial charge >= 0.3 is 0 Å². The average molecular weight is 274 g/mol. The molecular formula is C16H16ClNO. The third kappa shape index (κ3) is 4.34. The minimum atomic E-state index is 0. The number of rotatable bonds is 3. The van der Waals surface area contributed by atoms with Crippen LogP contribution < -0.4 is 17.0 Å². The van der Waals surface area contributed by atoms with E-state index in [0.717, 1.165) is 11.1 Å². The van der Waals surface area contributed by atoms with Gasteiger partial charge in [0.15, 0.2) is 24.4 Å². The first kappa shape index (κ1) is 15.1. The van der Waals surface area contributed by atoms with Crippen molar-refractivity contribution in [2.75, 3.05) is 0 Å². The molecule has 2 rings (SSSR count). The van der Waals surface area contributed by atoms with Gasteiger partial charge in [-0.25, -0.2) is 0 Å². The number of aromatic nitrogens is 1. The fraction of sp³-hybridized carbons (Fsp3) is 0.125. The Bertz CT molecular complexity index is 588. The maximum Gasteiger partial charge on any atom is 0.191 e. The molecule has 0 saturated carbocycles.